The van der Waals surface area contributed by atoms with Crippen LogP contribution in [0.4, 0.5) is 0 Å². The topological polar surface area (TPSA) is 52.6 Å². The van der Waals surface area contributed by atoms with E-state index in [4.69, 9.17) is 9.47 Å². The number of ether oxygens (including phenoxy) is 2. The van der Waals surface area contributed by atoms with E-state index >= 15 is 0 Å². The zero-order valence-electron chi connectivity index (χ0n) is 13.6. The third-order valence-electron chi connectivity index (χ3n) is 4.53. The first-order valence-corrected chi connectivity index (χ1v) is 8.36. The summed E-state index contributed by atoms with van der Waals surface area (Å²) in [5, 5.41) is 0. The summed E-state index contributed by atoms with van der Waals surface area (Å²) >= 11 is 0. The molecule has 0 aliphatic heterocycles. The first kappa shape index (κ1) is 16.8. The van der Waals surface area contributed by atoms with E-state index < -0.39 is 17.4 Å². The first-order valence-electron chi connectivity index (χ1n) is 8.36. The van der Waals surface area contributed by atoms with Gasteiger partial charge in [-0.1, -0.05) is 36.6 Å². The lowest BCUT2D eigenvalue weighted by Gasteiger charge is -2.30. The van der Waals surface area contributed by atoms with E-state index in [0.717, 1.165) is 37.7 Å². The fourth-order valence-electron chi connectivity index (χ4n) is 3.44. The van der Waals surface area contributed by atoms with Crippen molar-refractivity contribution in [2.45, 2.75) is 52.4 Å². The average molecular weight is 306 g/mol. The van der Waals surface area contributed by atoms with Crippen molar-refractivity contribution in [1.29, 1.82) is 0 Å². The monoisotopic (exact) mass is 306 g/mol. The van der Waals surface area contributed by atoms with Gasteiger partial charge in [0, 0.05) is 5.92 Å². The normalized spacial score (nSPS) is 25.0. The van der Waals surface area contributed by atoms with Gasteiger partial charge in [-0.2, -0.15) is 0 Å². The summed E-state index contributed by atoms with van der Waals surface area (Å²) in [7, 11) is 0. The van der Waals surface area contributed by atoms with Crippen LogP contribution in [0.2, 0.25) is 0 Å². The molecule has 0 aromatic heterocycles. The van der Waals surface area contributed by atoms with E-state index in [1.807, 2.05) is 0 Å². The molecule has 2 aliphatic rings. The predicted molar refractivity (Wildman–Crippen MR) is 84.1 cm³/mol. The molecule has 0 amide bonds. The SMILES string of the molecule is CCOC(=O)C1(C(=O)OCC)CC2=CC1CCCCC/C=C\2. The van der Waals surface area contributed by atoms with Gasteiger partial charge in [-0.15, -0.1) is 0 Å². The summed E-state index contributed by atoms with van der Waals surface area (Å²) in [5.74, 6) is -0.988. The molecular formula is C18H26O4. The maximum atomic E-state index is 12.6. The van der Waals surface area contributed by atoms with Crippen molar-refractivity contribution in [3.05, 3.63) is 23.8 Å². The van der Waals surface area contributed by atoms with Crippen LogP contribution in [0.25, 0.3) is 0 Å². The number of carbonyl (C=O) groups is 2. The molecule has 0 heterocycles. The Morgan fingerprint density at radius 1 is 1.14 bits per heavy atom. The molecule has 0 aromatic carbocycles. The van der Waals surface area contributed by atoms with Gasteiger partial charge in [-0.05, 0) is 39.5 Å². The molecule has 0 aromatic rings. The standard InChI is InChI=1S/C18H26O4/c1-3-21-16(19)18(17(20)22-4-2)13-14-10-8-6-5-7-9-11-15(18)12-14/h8,10,12,15H,3-7,9,11,13H2,1-2H3/b10-8-. The largest absolute Gasteiger partial charge is 0.465 e. The van der Waals surface area contributed by atoms with Gasteiger partial charge in [0.15, 0.2) is 5.41 Å². The van der Waals surface area contributed by atoms with Crippen LogP contribution in [0.1, 0.15) is 52.4 Å². The Morgan fingerprint density at radius 2 is 1.82 bits per heavy atom. The van der Waals surface area contributed by atoms with Gasteiger partial charge in [0.25, 0.3) is 0 Å². The number of hydrogen-bond acceptors (Lipinski definition) is 4. The summed E-state index contributed by atoms with van der Waals surface area (Å²) in [6.07, 6.45) is 11.8. The van der Waals surface area contributed by atoms with Crippen LogP contribution in [0.15, 0.2) is 23.8 Å². The molecule has 0 spiro atoms. The molecular weight excluding hydrogens is 280 g/mol. The summed E-state index contributed by atoms with van der Waals surface area (Å²) in [6.45, 7) is 4.09. The van der Waals surface area contributed by atoms with Gasteiger partial charge < -0.3 is 9.47 Å². The van der Waals surface area contributed by atoms with E-state index in [2.05, 4.69) is 18.2 Å². The molecule has 0 saturated carbocycles. The van der Waals surface area contributed by atoms with Gasteiger partial charge in [0.2, 0.25) is 0 Å². The fraction of sp³-hybridized carbons (Fsp3) is 0.667. The summed E-state index contributed by atoms with van der Waals surface area (Å²) in [6, 6.07) is 0. The van der Waals surface area contributed by atoms with E-state index in [9.17, 15) is 9.59 Å². The molecule has 22 heavy (non-hydrogen) atoms. The molecule has 0 saturated heterocycles. The number of allylic oxidation sites excluding steroid dienone is 4. The van der Waals surface area contributed by atoms with E-state index in [0.29, 0.717) is 6.42 Å². The number of fused-ring (bicyclic) bond motifs is 1. The minimum absolute atomic E-state index is 0.122. The van der Waals surface area contributed by atoms with Crippen LogP contribution in [0.3, 0.4) is 0 Å². The van der Waals surface area contributed by atoms with Gasteiger partial charge in [-0.3, -0.25) is 9.59 Å². The van der Waals surface area contributed by atoms with Crippen LogP contribution >= 0.6 is 0 Å². The quantitative estimate of drug-likeness (QED) is 0.588. The lowest BCUT2D eigenvalue weighted by atomic mass is 9.74. The van der Waals surface area contributed by atoms with Crippen molar-refractivity contribution < 1.29 is 19.1 Å². The second-order valence-corrected chi connectivity index (χ2v) is 5.98. The predicted octanol–water partition coefficient (Wildman–Crippen LogP) is 3.57. The highest BCUT2D eigenvalue weighted by Gasteiger charge is 2.56. The maximum absolute atomic E-state index is 12.6. The van der Waals surface area contributed by atoms with Crippen molar-refractivity contribution in [2.75, 3.05) is 13.2 Å². The molecule has 2 bridgehead atoms. The van der Waals surface area contributed by atoms with E-state index in [-0.39, 0.29) is 19.1 Å². The third kappa shape index (κ3) is 3.26. The van der Waals surface area contributed by atoms with E-state index in [1.165, 1.54) is 0 Å². The average Bonchev–Trinajstić information content (AvgIpc) is 2.86. The fourth-order valence-corrected chi connectivity index (χ4v) is 3.44. The molecule has 4 nitrogen and oxygen atoms in total. The Kier molecular flexibility index (Phi) is 5.81. The first-order chi connectivity index (χ1) is 10.6. The Hall–Kier alpha value is -1.58. The second-order valence-electron chi connectivity index (χ2n) is 5.98. The van der Waals surface area contributed by atoms with Crippen molar-refractivity contribution in [1.82, 2.24) is 0 Å². The van der Waals surface area contributed by atoms with Crippen molar-refractivity contribution >= 4 is 11.9 Å². The molecule has 1 unspecified atom stereocenters. The van der Waals surface area contributed by atoms with Crippen LogP contribution in [-0.4, -0.2) is 25.2 Å². The van der Waals surface area contributed by atoms with Crippen LogP contribution in [0, 0.1) is 11.3 Å². The van der Waals surface area contributed by atoms with E-state index in [1.54, 1.807) is 13.8 Å². The number of hydrogen-bond donors (Lipinski definition) is 0. The minimum Gasteiger partial charge on any atom is -0.465 e. The van der Waals surface area contributed by atoms with Crippen LogP contribution in [0.5, 0.6) is 0 Å². The highest BCUT2D eigenvalue weighted by Crippen LogP contribution is 2.47. The van der Waals surface area contributed by atoms with Crippen molar-refractivity contribution in [2.24, 2.45) is 11.3 Å². The van der Waals surface area contributed by atoms with Gasteiger partial charge in [0.05, 0.1) is 13.2 Å². The Labute approximate surface area is 132 Å². The Bertz CT molecular complexity index is 457. The molecule has 2 aliphatic carbocycles. The van der Waals surface area contributed by atoms with Crippen LogP contribution in [-0.2, 0) is 19.1 Å². The lowest BCUT2D eigenvalue weighted by Crippen LogP contribution is -2.45. The molecule has 2 rings (SSSR count). The van der Waals surface area contributed by atoms with Crippen molar-refractivity contribution in [3.63, 3.8) is 0 Å². The minimum atomic E-state index is -1.18. The highest BCUT2D eigenvalue weighted by molar-refractivity contribution is 6.02. The summed E-state index contributed by atoms with van der Waals surface area (Å²) in [4.78, 5) is 25.3. The summed E-state index contributed by atoms with van der Waals surface area (Å²) in [5.41, 5.74) is -0.135. The molecule has 4 heteroatoms. The number of carbonyl (C=O) groups excluding carboxylic acids is 2. The van der Waals surface area contributed by atoms with Gasteiger partial charge in [-0.25, -0.2) is 0 Å². The molecule has 0 radical (unpaired) electrons. The molecule has 0 N–H and O–H groups in total. The Morgan fingerprint density at radius 3 is 2.45 bits per heavy atom. The molecule has 122 valence electrons. The van der Waals surface area contributed by atoms with Gasteiger partial charge in [0.1, 0.15) is 0 Å². The number of rotatable bonds is 4. The Balaban J connectivity index is 2.35. The maximum Gasteiger partial charge on any atom is 0.324 e. The van der Waals surface area contributed by atoms with Crippen LogP contribution < -0.4 is 0 Å². The summed E-state index contributed by atoms with van der Waals surface area (Å²) < 4.78 is 10.5. The third-order valence-corrected chi connectivity index (χ3v) is 4.53. The smallest absolute Gasteiger partial charge is 0.324 e. The highest BCUT2D eigenvalue weighted by atomic mass is 16.6. The molecule has 0 fully saturated rings. The van der Waals surface area contributed by atoms with Crippen molar-refractivity contribution in [3.8, 4) is 0 Å². The number of esters is 2. The second kappa shape index (κ2) is 7.61. The van der Waals surface area contributed by atoms with Gasteiger partial charge >= 0.3 is 11.9 Å². The zero-order valence-corrected chi connectivity index (χ0v) is 13.6. The molecule has 1 atom stereocenters. The zero-order chi connectivity index (χ0) is 16.0. The lowest BCUT2D eigenvalue weighted by molar-refractivity contribution is -0.174.